The highest BCUT2D eigenvalue weighted by atomic mass is 16.5. The molecule has 11 nitrogen and oxygen atoms in total. The van der Waals surface area contributed by atoms with E-state index >= 15 is 0 Å². The molecular weight excluding hydrogens is 460 g/mol. The smallest absolute Gasteiger partial charge is 0.267 e. The van der Waals surface area contributed by atoms with Crippen LogP contribution in [0.5, 0.6) is 0 Å². The first-order chi connectivity index (χ1) is 17.5. The lowest BCUT2D eigenvalue weighted by atomic mass is 10.0. The molecule has 0 atom stereocenters. The predicted octanol–water partition coefficient (Wildman–Crippen LogP) is 1.34. The Balaban J connectivity index is 1.33. The molecule has 1 aliphatic heterocycles. The van der Waals surface area contributed by atoms with Gasteiger partial charge in [-0.25, -0.2) is 9.36 Å². The zero-order valence-electron chi connectivity index (χ0n) is 19.4. The van der Waals surface area contributed by atoms with Crippen molar-refractivity contribution in [1.82, 2.24) is 29.7 Å². The van der Waals surface area contributed by atoms with Gasteiger partial charge in [0.25, 0.3) is 11.5 Å². The van der Waals surface area contributed by atoms with Gasteiger partial charge < -0.3 is 15.4 Å². The van der Waals surface area contributed by atoms with Crippen LogP contribution in [-0.2, 0) is 11.3 Å². The van der Waals surface area contributed by atoms with E-state index in [2.05, 4.69) is 15.4 Å². The number of rotatable bonds is 6. The van der Waals surface area contributed by atoms with Gasteiger partial charge >= 0.3 is 0 Å². The maximum Gasteiger partial charge on any atom is 0.267 e. The van der Waals surface area contributed by atoms with Crippen LogP contribution in [0.4, 0.5) is 5.69 Å². The molecule has 182 valence electrons. The number of aromatic nitrogens is 5. The van der Waals surface area contributed by atoms with E-state index in [1.807, 2.05) is 0 Å². The number of benzene rings is 2. The Kier molecular flexibility index (Phi) is 6.37. The van der Waals surface area contributed by atoms with Gasteiger partial charge in [-0.05, 0) is 48.0 Å². The van der Waals surface area contributed by atoms with Crippen LogP contribution >= 0.6 is 0 Å². The van der Waals surface area contributed by atoms with Gasteiger partial charge in [0, 0.05) is 42.2 Å². The van der Waals surface area contributed by atoms with Crippen molar-refractivity contribution in [2.45, 2.75) is 6.54 Å². The van der Waals surface area contributed by atoms with Crippen LogP contribution in [0.15, 0.2) is 71.8 Å². The molecule has 0 bridgehead atoms. The summed E-state index contributed by atoms with van der Waals surface area (Å²) in [6.07, 6.45) is 3.18. The molecule has 0 spiro atoms. The molecule has 1 amide bonds. The Morgan fingerprint density at radius 1 is 1.08 bits per heavy atom. The van der Waals surface area contributed by atoms with Crippen LogP contribution in [0.3, 0.4) is 0 Å². The molecule has 1 saturated heterocycles. The Bertz CT molecular complexity index is 1470. The zero-order valence-corrected chi connectivity index (χ0v) is 19.4. The number of amides is 1. The minimum Gasteiger partial charge on any atom is -0.398 e. The van der Waals surface area contributed by atoms with Crippen molar-refractivity contribution in [2.24, 2.45) is 0 Å². The number of ether oxygens (including phenoxy) is 1. The van der Waals surface area contributed by atoms with Crippen molar-refractivity contribution >= 4 is 17.3 Å². The molecule has 2 aromatic carbocycles. The number of nitrogens with one attached hydrogen (secondary N) is 1. The van der Waals surface area contributed by atoms with Crippen LogP contribution in [-0.4, -0.2) is 67.6 Å². The van der Waals surface area contributed by atoms with Crippen molar-refractivity contribution in [3.05, 3.63) is 99.7 Å². The quantitative estimate of drug-likeness (QED) is 0.310. The average Bonchev–Trinajstić information content (AvgIpc) is 3.41. The first-order valence-electron chi connectivity index (χ1n) is 11.4. The maximum absolute atomic E-state index is 12.7. The lowest BCUT2D eigenvalue weighted by molar-refractivity contribution is 0.0303. The molecule has 0 unspecified atom stereocenters. The summed E-state index contributed by atoms with van der Waals surface area (Å²) >= 11 is 0. The minimum absolute atomic E-state index is 0.0331. The maximum atomic E-state index is 12.7. The Labute approximate surface area is 206 Å². The van der Waals surface area contributed by atoms with E-state index in [4.69, 9.17) is 15.9 Å². The van der Waals surface area contributed by atoms with Crippen molar-refractivity contribution in [3.8, 4) is 5.69 Å². The average molecular weight is 485 g/mol. The van der Waals surface area contributed by atoms with E-state index in [0.29, 0.717) is 54.5 Å². The van der Waals surface area contributed by atoms with Crippen LogP contribution in [0.25, 0.3) is 5.69 Å². The molecule has 0 saturated carbocycles. The number of nitrogens with two attached hydrogens (primary N) is 1. The summed E-state index contributed by atoms with van der Waals surface area (Å²) in [5, 5.41) is 21.0. The highest BCUT2D eigenvalue weighted by Crippen LogP contribution is 2.19. The van der Waals surface area contributed by atoms with Crippen LogP contribution < -0.4 is 11.3 Å². The zero-order chi connectivity index (χ0) is 25.1. The molecule has 0 radical (unpaired) electrons. The number of anilines is 1. The Morgan fingerprint density at radius 3 is 2.61 bits per heavy atom. The first kappa shape index (κ1) is 23.1. The Hall–Kier alpha value is -4.64. The summed E-state index contributed by atoms with van der Waals surface area (Å²) in [6.45, 7) is 2.51. The first-order valence-corrected chi connectivity index (χ1v) is 11.4. The second-order valence-electron chi connectivity index (χ2n) is 8.32. The predicted molar refractivity (Wildman–Crippen MR) is 132 cm³/mol. The molecule has 4 aromatic rings. The molecule has 2 aromatic heterocycles. The molecule has 1 fully saturated rings. The number of morpholine rings is 1. The lowest BCUT2D eigenvalue weighted by Gasteiger charge is -2.26. The monoisotopic (exact) mass is 484 g/mol. The number of carbonyl (C=O) groups excluding carboxylic acids is 1. The van der Waals surface area contributed by atoms with E-state index in [-0.39, 0.29) is 23.7 Å². The summed E-state index contributed by atoms with van der Waals surface area (Å²) < 4.78 is 8.19. The summed E-state index contributed by atoms with van der Waals surface area (Å²) in [4.78, 5) is 26.4. The van der Waals surface area contributed by atoms with Gasteiger partial charge in [-0.2, -0.15) is 5.10 Å². The summed E-state index contributed by atoms with van der Waals surface area (Å²) in [7, 11) is 0. The van der Waals surface area contributed by atoms with Crippen molar-refractivity contribution in [1.29, 1.82) is 5.41 Å². The minimum atomic E-state index is -0.216. The third-order valence-electron chi connectivity index (χ3n) is 5.93. The van der Waals surface area contributed by atoms with Gasteiger partial charge in [-0.3, -0.25) is 15.0 Å². The van der Waals surface area contributed by atoms with Gasteiger partial charge in [0.1, 0.15) is 5.69 Å². The van der Waals surface area contributed by atoms with Crippen molar-refractivity contribution in [2.75, 3.05) is 32.0 Å². The van der Waals surface area contributed by atoms with Crippen LogP contribution in [0, 0.1) is 5.41 Å². The lowest BCUT2D eigenvalue weighted by Crippen LogP contribution is -2.40. The van der Waals surface area contributed by atoms with Crippen LogP contribution in [0.1, 0.15) is 27.2 Å². The molecule has 1 aliphatic rings. The van der Waals surface area contributed by atoms with Gasteiger partial charge in [-0.1, -0.05) is 11.3 Å². The molecular formula is C25H24N8O3. The summed E-state index contributed by atoms with van der Waals surface area (Å²) in [6, 6.07) is 15.3. The van der Waals surface area contributed by atoms with Crippen LogP contribution in [0.2, 0.25) is 0 Å². The van der Waals surface area contributed by atoms with E-state index < -0.39 is 0 Å². The number of hydrogen-bond acceptors (Lipinski definition) is 8. The molecule has 36 heavy (non-hydrogen) atoms. The number of carbonyl (C=O) groups is 1. The van der Waals surface area contributed by atoms with Crippen molar-refractivity contribution < 1.29 is 9.53 Å². The molecule has 11 heteroatoms. The highest BCUT2D eigenvalue weighted by Gasteiger charge is 2.19. The number of nitrogens with zero attached hydrogens (tertiary/aromatic N) is 6. The Morgan fingerprint density at radius 2 is 1.86 bits per heavy atom. The third-order valence-corrected chi connectivity index (χ3v) is 5.93. The van der Waals surface area contributed by atoms with E-state index in [1.54, 1.807) is 70.5 Å². The number of nitrogen functional groups attached to an aromatic ring is 1. The van der Waals surface area contributed by atoms with Crippen molar-refractivity contribution in [3.63, 3.8) is 0 Å². The van der Waals surface area contributed by atoms with E-state index in [9.17, 15) is 9.59 Å². The molecule has 0 aliphatic carbocycles. The van der Waals surface area contributed by atoms with E-state index in [0.717, 1.165) is 5.56 Å². The fourth-order valence-electron chi connectivity index (χ4n) is 3.95. The summed E-state index contributed by atoms with van der Waals surface area (Å²) in [5.41, 5.74) is 9.34. The molecule has 5 rings (SSSR count). The van der Waals surface area contributed by atoms with Gasteiger partial charge in [0.05, 0.1) is 37.4 Å². The number of hydrogen-bond donors (Lipinski definition) is 2. The normalized spacial score (nSPS) is 13.5. The SMILES string of the molecule is N=C(c1cn(-c2ccc(C(=O)N3CCOCC3)cc2)nn1)c1cc(Cn2ncccc2=O)ccc1N. The topological polar surface area (TPSA) is 145 Å². The third kappa shape index (κ3) is 4.77. The van der Waals surface area contributed by atoms with Gasteiger partial charge in [0.2, 0.25) is 0 Å². The molecule has 3 heterocycles. The largest absolute Gasteiger partial charge is 0.398 e. The van der Waals surface area contributed by atoms with Gasteiger partial charge in [-0.15, -0.1) is 5.10 Å². The standard InChI is InChI=1S/C25H24N8O3/c26-21-8-3-17(15-33-23(34)2-1-9-28-33)14-20(21)24(27)22-16-32(30-29-22)19-6-4-18(5-7-19)25(35)31-10-12-36-13-11-31/h1-9,14,16,27H,10-13,15,26H2. The second-order valence-corrected chi connectivity index (χ2v) is 8.32. The second kappa shape index (κ2) is 9.92. The summed E-state index contributed by atoms with van der Waals surface area (Å²) in [5.74, 6) is -0.0331. The highest BCUT2D eigenvalue weighted by molar-refractivity contribution is 6.12. The fraction of sp³-hybridized carbons (Fsp3) is 0.200. The molecule has 3 N–H and O–H groups in total. The fourth-order valence-corrected chi connectivity index (χ4v) is 3.95. The van der Waals surface area contributed by atoms with E-state index in [1.165, 1.54) is 10.7 Å². The van der Waals surface area contributed by atoms with Gasteiger partial charge in [0.15, 0.2) is 0 Å².